The van der Waals surface area contributed by atoms with Gasteiger partial charge in [0.25, 0.3) is 0 Å². The van der Waals surface area contributed by atoms with E-state index in [0.29, 0.717) is 17.3 Å². The molecule has 5 heteroatoms. The summed E-state index contributed by atoms with van der Waals surface area (Å²) in [5.41, 5.74) is 2.67. The fourth-order valence-corrected chi connectivity index (χ4v) is 2.83. The number of rotatable bonds is 4. The first-order valence-corrected chi connectivity index (χ1v) is 7.52. The number of ether oxygens (including phenoxy) is 1. The second kappa shape index (κ2) is 5.96. The van der Waals surface area contributed by atoms with Crippen LogP contribution in [0.1, 0.15) is 5.82 Å². The number of fused-ring (bicyclic) bond motifs is 1. The Morgan fingerprint density at radius 2 is 1.95 bits per heavy atom. The summed E-state index contributed by atoms with van der Waals surface area (Å²) in [6.45, 7) is 0. The van der Waals surface area contributed by atoms with Gasteiger partial charge in [-0.2, -0.15) is 0 Å². The van der Waals surface area contributed by atoms with E-state index in [1.807, 2.05) is 42.5 Å². The summed E-state index contributed by atoms with van der Waals surface area (Å²) in [6.07, 6.45) is 0.657. The van der Waals surface area contributed by atoms with Crippen LogP contribution in [0.15, 0.2) is 42.5 Å². The molecule has 3 rings (SSSR count). The van der Waals surface area contributed by atoms with E-state index < -0.39 is 0 Å². The van der Waals surface area contributed by atoms with Crippen molar-refractivity contribution in [3.8, 4) is 11.4 Å². The Kier molecular flexibility index (Phi) is 4.04. The van der Waals surface area contributed by atoms with Crippen molar-refractivity contribution in [1.82, 2.24) is 9.55 Å². The Morgan fingerprint density at radius 3 is 2.71 bits per heavy atom. The summed E-state index contributed by atoms with van der Waals surface area (Å²) >= 11 is 12.2. The lowest BCUT2D eigenvalue weighted by Gasteiger charge is -2.12. The third kappa shape index (κ3) is 2.47. The van der Waals surface area contributed by atoms with Gasteiger partial charge in [-0.25, -0.2) is 4.98 Å². The molecule has 3 aromatic rings. The molecular formula is C16H14Cl2N2O. The molecule has 0 aliphatic heterocycles. The zero-order valence-electron chi connectivity index (χ0n) is 11.5. The first-order chi connectivity index (χ1) is 10.3. The summed E-state index contributed by atoms with van der Waals surface area (Å²) in [7, 11) is 1.66. The second-order valence-corrected chi connectivity index (χ2v) is 5.37. The number of imidazole rings is 1. The van der Waals surface area contributed by atoms with Crippen molar-refractivity contribution in [2.75, 3.05) is 13.0 Å². The number of hydrogen-bond acceptors (Lipinski definition) is 2. The molecule has 21 heavy (non-hydrogen) atoms. The van der Waals surface area contributed by atoms with Crippen LogP contribution >= 0.6 is 23.2 Å². The van der Waals surface area contributed by atoms with Gasteiger partial charge < -0.3 is 4.74 Å². The lowest BCUT2D eigenvalue weighted by molar-refractivity contribution is 0.413. The predicted octanol–water partition coefficient (Wildman–Crippen LogP) is 4.47. The molecule has 0 aliphatic rings. The molecule has 3 nitrogen and oxygen atoms in total. The molecule has 108 valence electrons. The van der Waals surface area contributed by atoms with Gasteiger partial charge in [-0.05, 0) is 24.3 Å². The molecule has 0 saturated heterocycles. The topological polar surface area (TPSA) is 27.1 Å². The fourth-order valence-electron chi connectivity index (χ4n) is 2.45. The van der Waals surface area contributed by atoms with Crippen LogP contribution in [0.4, 0.5) is 0 Å². The minimum Gasteiger partial charge on any atom is -0.495 e. The third-order valence-corrected chi connectivity index (χ3v) is 3.84. The molecule has 0 unspecified atom stereocenters. The molecule has 0 aliphatic carbocycles. The Labute approximate surface area is 133 Å². The van der Waals surface area contributed by atoms with Crippen LogP contribution in [-0.4, -0.2) is 22.5 Å². The third-order valence-electron chi connectivity index (χ3n) is 3.35. The normalized spacial score (nSPS) is 11.0. The zero-order valence-corrected chi connectivity index (χ0v) is 13.0. The number of alkyl halides is 1. The highest BCUT2D eigenvalue weighted by Gasteiger charge is 2.16. The number of hydrogen-bond donors (Lipinski definition) is 0. The molecule has 0 N–H and O–H groups in total. The summed E-state index contributed by atoms with van der Waals surface area (Å²) < 4.78 is 7.52. The van der Waals surface area contributed by atoms with Gasteiger partial charge in [-0.3, -0.25) is 4.57 Å². The molecule has 0 saturated carbocycles. The monoisotopic (exact) mass is 320 g/mol. The van der Waals surface area contributed by atoms with Crippen LogP contribution in [0.25, 0.3) is 16.7 Å². The highest BCUT2D eigenvalue weighted by atomic mass is 35.5. The number of methoxy groups -OCH3 is 1. The van der Waals surface area contributed by atoms with Gasteiger partial charge in [0.15, 0.2) is 0 Å². The van der Waals surface area contributed by atoms with Gasteiger partial charge in [-0.15, -0.1) is 11.6 Å². The summed E-state index contributed by atoms with van der Waals surface area (Å²) in [5.74, 6) is 2.15. The first kappa shape index (κ1) is 14.2. The Hall–Kier alpha value is -1.71. The molecule has 2 aromatic carbocycles. The van der Waals surface area contributed by atoms with Crippen LogP contribution in [0.5, 0.6) is 5.75 Å². The van der Waals surface area contributed by atoms with Crippen LogP contribution in [0, 0.1) is 0 Å². The standard InChI is InChI=1S/C16H14Cl2N2O/c1-21-14-8-3-2-6-12(14)20-13-7-4-5-11(18)16(13)19-15(20)9-10-17/h2-8H,9-10H2,1H3. The SMILES string of the molecule is COc1ccccc1-n1c(CCCl)nc2c(Cl)cccc21. The maximum atomic E-state index is 6.26. The van der Waals surface area contributed by atoms with Crippen molar-refractivity contribution in [1.29, 1.82) is 0 Å². The maximum Gasteiger partial charge on any atom is 0.142 e. The number of aryl methyl sites for hydroxylation is 1. The van der Waals surface area contributed by atoms with Gasteiger partial charge in [-0.1, -0.05) is 29.8 Å². The summed E-state index contributed by atoms with van der Waals surface area (Å²) in [5, 5.41) is 0.636. The number of benzene rings is 2. The van der Waals surface area contributed by atoms with E-state index in [2.05, 4.69) is 9.55 Å². The highest BCUT2D eigenvalue weighted by Crippen LogP contribution is 2.31. The maximum absolute atomic E-state index is 6.26. The molecule has 0 amide bonds. The van der Waals surface area contributed by atoms with Crippen LogP contribution in [-0.2, 0) is 6.42 Å². The molecule has 0 fully saturated rings. The first-order valence-electron chi connectivity index (χ1n) is 6.61. The minimum absolute atomic E-state index is 0.496. The number of halogens is 2. The summed E-state index contributed by atoms with van der Waals surface area (Å²) in [6, 6.07) is 13.6. The fraction of sp³-hybridized carbons (Fsp3) is 0.188. The number of para-hydroxylation sites is 3. The molecule has 0 radical (unpaired) electrons. The number of aromatic nitrogens is 2. The smallest absolute Gasteiger partial charge is 0.142 e. The van der Waals surface area contributed by atoms with Crippen LogP contribution in [0.2, 0.25) is 5.02 Å². The Balaban J connectivity index is 2.34. The van der Waals surface area contributed by atoms with Crippen molar-refractivity contribution < 1.29 is 4.74 Å². The minimum atomic E-state index is 0.496. The Morgan fingerprint density at radius 1 is 1.14 bits per heavy atom. The predicted molar refractivity (Wildman–Crippen MR) is 87.1 cm³/mol. The van der Waals surface area contributed by atoms with E-state index >= 15 is 0 Å². The average Bonchev–Trinajstić information content (AvgIpc) is 2.87. The van der Waals surface area contributed by atoms with E-state index in [9.17, 15) is 0 Å². The Bertz CT molecular complexity index is 783. The van der Waals surface area contributed by atoms with Gasteiger partial charge in [0, 0.05) is 12.3 Å². The lowest BCUT2D eigenvalue weighted by Crippen LogP contribution is -2.04. The molecule has 0 atom stereocenters. The quantitative estimate of drug-likeness (QED) is 0.663. The number of nitrogens with zero attached hydrogens (tertiary/aromatic N) is 2. The summed E-state index contributed by atoms with van der Waals surface area (Å²) in [4.78, 5) is 4.64. The van der Waals surface area contributed by atoms with E-state index in [4.69, 9.17) is 27.9 Å². The van der Waals surface area contributed by atoms with E-state index in [0.717, 1.165) is 28.3 Å². The van der Waals surface area contributed by atoms with E-state index in [-0.39, 0.29) is 0 Å². The van der Waals surface area contributed by atoms with Crippen molar-refractivity contribution in [2.24, 2.45) is 0 Å². The largest absolute Gasteiger partial charge is 0.495 e. The second-order valence-electron chi connectivity index (χ2n) is 4.58. The van der Waals surface area contributed by atoms with E-state index in [1.165, 1.54) is 0 Å². The van der Waals surface area contributed by atoms with Gasteiger partial charge in [0.2, 0.25) is 0 Å². The average molecular weight is 321 g/mol. The molecular weight excluding hydrogens is 307 g/mol. The van der Waals surface area contributed by atoms with Crippen LogP contribution in [0.3, 0.4) is 0 Å². The van der Waals surface area contributed by atoms with Crippen molar-refractivity contribution in [2.45, 2.75) is 6.42 Å². The van der Waals surface area contributed by atoms with Crippen LogP contribution < -0.4 is 4.74 Å². The molecule has 1 aromatic heterocycles. The van der Waals surface area contributed by atoms with Gasteiger partial charge >= 0.3 is 0 Å². The molecule has 1 heterocycles. The van der Waals surface area contributed by atoms with Gasteiger partial charge in [0.05, 0.1) is 23.3 Å². The lowest BCUT2D eigenvalue weighted by atomic mass is 10.2. The van der Waals surface area contributed by atoms with Crippen molar-refractivity contribution in [3.05, 3.63) is 53.3 Å². The van der Waals surface area contributed by atoms with E-state index in [1.54, 1.807) is 7.11 Å². The molecule has 0 spiro atoms. The highest BCUT2D eigenvalue weighted by molar-refractivity contribution is 6.35. The zero-order chi connectivity index (χ0) is 14.8. The van der Waals surface area contributed by atoms with Crippen molar-refractivity contribution in [3.63, 3.8) is 0 Å². The van der Waals surface area contributed by atoms with Crippen molar-refractivity contribution >= 4 is 34.2 Å². The molecule has 0 bridgehead atoms. The van der Waals surface area contributed by atoms with Gasteiger partial charge in [0.1, 0.15) is 17.1 Å².